The zero-order valence-electron chi connectivity index (χ0n) is 18.9. The molecule has 2 saturated heterocycles. The quantitative estimate of drug-likeness (QED) is 0.501. The van der Waals surface area contributed by atoms with Crippen molar-refractivity contribution >= 4 is 5.97 Å². The molecule has 0 radical (unpaired) electrons. The van der Waals surface area contributed by atoms with Crippen molar-refractivity contribution in [2.24, 2.45) is 29.1 Å². The van der Waals surface area contributed by atoms with Gasteiger partial charge >= 0.3 is 5.97 Å². The van der Waals surface area contributed by atoms with Gasteiger partial charge in [0.15, 0.2) is 0 Å². The molecule has 4 fully saturated rings. The van der Waals surface area contributed by atoms with Crippen molar-refractivity contribution in [3.05, 3.63) is 23.3 Å². The molecule has 0 aromatic rings. The molecule has 166 valence electrons. The second-order valence-corrected chi connectivity index (χ2v) is 11.7. The van der Waals surface area contributed by atoms with Crippen molar-refractivity contribution in [2.75, 3.05) is 0 Å². The highest BCUT2D eigenvalue weighted by atomic mass is 16.7. The fraction of sp³-hybridized carbons (Fsp3) is 0.800. The summed E-state index contributed by atoms with van der Waals surface area (Å²) >= 11 is 0. The first-order valence-electron chi connectivity index (χ1n) is 11.6. The Bertz CT molecular complexity index is 838. The maximum absolute atomic E-state index is 12.6. The first-order chi connectivity index (χ1) is 13.9. The van der Waals surface area contributed by atoms with Crippen LogP contribution in [0.4, 0.5) is 0 Å². The third-order valence-electron chi connectivity index (χ3n) is 9.23. The number of aliphatic hydroxyl groups is 2. The van der Waals surface area contributed by atoms with Crippen molar-refractivity contribution in [1.29, 1.82) is 0 Å². The Morgan fingerprint density at radius 3 is 2.67 bits per heavy atom. The molecular weight excluding hydrogens is 380 g/mol. The monoisotopic (exact) mass is 416 g/mol. The van der Waals surface area contributed by atoms with Gasteiger partial charge in [0.2, 0.25) is 5.79 Å². The average molecular weight is 417 g/mol. The van der Waals surface area contributed by atoms with E-state index in [1.54, 1.807) is 6.92 Å². The van der Waals surface area contributed by atoms with E-state index in [-0.39, 0.29) is 35.4 Å². The predicted molar refractivity (Wildman–Crippen MR) is 112 cm³/mol. The van der Waals surface area contributed by atoms with E-state index in [1.165, 1.54) is 5.57 Å². The van der Waals surface area contributed by atoms with E-state index < -0.39 is 23.3 Å². The minimum Gasteiger partial charge on any atom is -0.429 e. The van der Waals surface area contributed by atoms with Crippen molar-refractivity contribution in [2.45, 2.75) is 96.2 Å². The van der Waals surface area contributed by atoms with E-state index in [9.17, 15) is 15.0 Å². The largest absolute Gasteiger partial charge is 0.429 e. The highest BCUT2D eigenvalue weighted by Crippen LogP contribution is 2.66. The Kier molecular flexibility index (Phi) is 4.28. The summed E-state index contributed by atoms with van der Waals surface area (Å²) in [6.45, 7) is 10.7. The maximum Gasteiger partial charge on any atom is 0.336 e. The van der Waals surface area contributed by atoms with Crippen molar-refractivity contribution in [3.63, 3.8) is 0 Å². The molecule has 5 aliphatic rings. The zero-order chi connectivity index (χ0) is 21.7. The number of fused-ring (bicyclic) bond motifs is 2. The van der Waals surface area contributed by atoms with Crippen LogP contribution in [0.5, 0.6) is 0 Å². The van der Waals surface area contributed by atoms with Crippen molar-refractivity contribution in [1.82, 2.24) is 0 Å². The predicted octanol–water partition coefficient (Wildman–Crippen LogP) is 3.89. The zero-order valence-corrected chi connectivity index (χ0v) is 18.9. The van der Waals surface area contributed by atoms with Gasteiger partial charge in [-0.2, -0.15) is 0 Å². The van der Waals surface area contributed by atoms with E-state index in [0.717, 1.165) is 32.1 Å². The Morgan fingerprint density at radius 1 is 1.23 bits per heavy atom. The van der Waals surface area contributed by atoms with E-state index in [0.29, 0.717) is 11.5 Å². The van der Waals surface area contributed by atoms with Gasteiger partial charge in [0.05, 0.1) is 23.2 Å². The molecule has 0 aromatic carbocycles. The van der Waals surface area contributed by atoms with E-state index >= 15 is 0 Å². The van der Waals surface area contributed by atoms with E-state index in [2.05, 4.69) is 33.8 Å². The lowest BCUT2D eigenvalue weighted by atomic mass is 9.62. The summed E-state index contributed by atoms with van der Waals surface area (Å²) in [7, 11) is 0. The number of ether oxygens (including phenoxy) is 2. The number of hydrogen-bond donors (Lipinski definition) is 2. The van der Waals surface area contributed by atoms with E-state index in [1.807, 2.05) is 6.08 Å². The average Bonchev–Trinajstić information content (AvgIpc) is 3.17. The molecule has 2 heterocycles. The second-order valence-electron chi connectivity index (χ2n) is 11.7. The van der Waals surface area contributed by atoms with Gasteiger partial charge in [-0.3, -0.25) is 0 Å². The number of carbonyl (C=O) groups excluding carboxylic acids is 1. The summed E-state index contributed by atoms with van der Waals surface area (Å²) < 4.78 is 12.3. The topological polar surface area (TPSA) is 76.0 Å². The number of carbonyl (C=O) groups is 1. The summed E-state index contributed by atoms with van der Waals surface area (Å²) in [5.41, 5.74) is 0.575. The number of allylic oxidation sites excluding steroid dienone is 2. The Balaban J connectivity index is 1.56. The molecule has 5 nitrogen and oxygen atoms in total. The molecule has 2 N–H and O–H groups in total. The van der Waals surface area contributed by atoms with E-state index in [4.69, 9.17) is 9.47 Å². The van der Waals surface area contributed by atoms with Crippen LogP contribution >= 0.6 is 0 Å². The third-order valence-corrected chi connectivity index (χ3v) is 9.23. The molecule has 0 aromatic heterocycles. The van der Waals surface area contributed by atoms with Crippen LogP contribution in [-0.2, 0) is 14.3 Å². The number of esters is 1. The fourth-order valence-corrected chi connectivity index (χ4v) is 7.97. The molecular formula is C25H36O5. The third kappa shape index (κ3) is 2.67. The van der Waals surface area contributed by atoms with Crippen molar-refractivity contribution in [3.8, 4) is 0 Å². The minimum absolute atomic E-state index is 0.0122. The van der Waals surface area contributed by atoms with Crippen molar-refractivity contribution < 1.29 is 24.5 Å². The SMILES string of the molecule is CC(C)=C[C@H]1C[C@H](C)[C@]2(CC[C@]3(C)C[C@H]4[C@@H]5C(=CC[C@H]32)C(=O)OC5(O)C[C@@]4(C)O)O1. The molecule has 3 aliphatic carbocycles. The summed E-state index contributed by atoms with van der Waals surface area (Å²) in [6, 6.07) is 0. The van der Waals surface area contributed by atoms with Crippen LogP contribution in [0.1, 0.15) is 73.1 Å². The maximum atomic E-state index is 12.6. The van der Waals surface area contributed by atoms with Crippen LogP contribution in [0.2, 0.25) is 0 Å². The van der Waals surface area contributed by atoms with Gasteiger partial charge in [0.25, 0.3) is 0 Å². The lowest BCUT2D eigenvalue weighted by Crippen LogP contribution is -2.46. The van der Waals surface area contributed by atoms with Crippen LogP contribution in [0, 0.1) is 29.1 Å². The lowest BCUT2D eigenvalue weighted by Gasteiger charge is -2.45. The second kappa shape index (κ2) is 6.20. The summed E-state index contributed by atoms with van der Waals surface area (Å²) in [5.74, 6) is -1.90. The first kappa shape index (κ1) is 20.7. The molecule has 0 amide bonds. The molecule has 5 heteroatoms. The van der Waals surface area contributed by atoms with Crippen LogP contribution in [-0.4, -0.2) is 39.3 Å². The number of hydrogen-bond acceptors (Lipinski definition) is 5. The molecule has 1 unspecified atom stereocenters. The summed E-state index contributed by atoms with van der Waals surface area (Å²) in [5, 5.41) is 22.3. The molecule has 9 atom stereocenters. The van der Waals surface area contributed by atoms with Crippen LogP contribution in [0.3, 0.4) is 0 Å². The highest BCUT2D eigenvalue weighted by Gasteiger charge is 2.70. The fourth-order valence-electron chi connectivity index (χ4n) is 7.97. The van der Waals surface area contributed by atoms with Gasteiger partial charge in [0.1, 0.15) is 0 Å². The molecule has 30 heavy (non-hydrogen) atoms. The Hall–Kier alpha value is -1.17. The van der Waals surface area contributed by atoms with Gasteiger partial charge < -0.3 is 19.7 Å². The van der Waals surface area contributed by atoms with Gasteiger partial charge in [-0.05, 0) is 70.1 Å². The molecule has 1 spiro atoms. The normalized spacial score (nSPS) is 54.3. The van der Waals surface area contributed by atoms with Gasteiger partial charge in [0, 0.05) is 17.9 Å². The van der Waals surface area contributed by atoms with Gasteiger partial charge in [-0.1, -0.05) is 31.6 Å². The van der Waals surface area contributed by atoms with Crippen LogP contribution in [0.15, 0.2) is 23.3 Å². The Morgan fingerprint density at radius 2 is 1.97 bits per heavy atom. The molecule has 5 rings (SSSR count). The number of rotatable bonds is 1. The molecule has 2 aliphatic heterocycles. The summed E-state index contributed by atoms with van der Waals surface area (Å²) in [6.07, 6.45) is 9.10. The van der Waals surface area contributed by atoms with Crippen LogP contribution in [0.25, 0.3) is 0 Å². The lowest BCUT2D eigenvalue weighted by molar-refractivity contribution is -0.199. The Labute approximate surface area is 179 Å². The molecule has 2 saturated carbocycles. The van der Waals surface area contributed by atoms with Crippen LogP contribution < -0.4 is 0 Å². The highest BCUT2D eigenvalue weighted by molar-refractivity contribution is 5.92. The standard InChI is InChI=1S/C25H36O5/c1-14(2)10-16-11-15(3)24(29-16)9-8-22(4)12-18-20-17(6-7-19(22)24)21(26)30-25(20,28)13-23(18,5)27/h6,10,15-16,18-20,27-28H,7-9,11-13H2,1-5H3/t15-,16-,18-,19+,20-,22+,23+,24-,25?/m0/s1. The minimum atomic E-state index is -1.57. The summed E-state index contributed by atoms with van der Waals surface area (Å²) in [4.78, 5) is 12.6. The molecule has 0 bridgehead atoms. The van der Waals surface area contributed by atoms with Gasteiger partial charge in [-0.15, -0.1) is 0 Å². The first-order valence-corrected chi connectivity index (χ1v) is 11.6. The van der Waals surface area contributed by atoms with Gasteiger partial charge in [-0.25, -0.2) is 4.79 Å². The smallest absolute Gasteiger partial charge is 0.336 e.